The average molecular weight is 391 g/mol. The maximum Gasteiger partial charge on any atom is 0.165 e. The van der Waals surface area contributed by atoms with Crippen LogP contribution >= 0.6 is 23.1 Å². The molecule has 0 radical (unpaired) electrons. The molecule has 2 aromatic heterocycles. The zero-order valence-corrected chi connectivity index (χ0v) is 16.0. The third-order valence-corrected chi connectivity index (χ3v) is 6.63. The fraction of sp³-hybridized carbons (Fsp3) is 0.368. The van der Waals surface area contributed by atoms with E-state index in [4.69, 9.17) is 4.74 Å². The number of aliphatic hydroxyl groups excluding tert-OH is 1. The number of nitrogens with zero attached hydrogens (tertiary/aromatic N) is 2. The molecular formula is C19H19FN2O2S2. The molecule has 1 aromatic carbocycles. The number of thioether (sulfide) groups is 1. The summed E-state index contributed by atoms with van der Waals surface area (Å²) in [5.41, 5.74) is 1.38. The lowest BCUT2D eigenvalue weighted by atomic mass is 10.2. The number of rotatable bonds is 6. The molecule has 0 unspecified atom stereocenters. The smallest absolute Gasteiger partial charge is 0.165 e. The number of fused-ring (bicyclic) bond motifs is 3. The Morgan fingerprint density at radius 1 is 1.31 bits per heavy atom. The van der Waals surface area contributed by atoms with Crippen LogP contribution in [0.25, 0.3) is 10.2 Å². The lowest BCUT2D eigenvalue weighted by molar-refractivity contribution is 0.123. The number of para-hydroxylation sites is 1. The minimum atomic E-state index is -0.711. The second kappa shape index (κ2) is 7.50. The highest BCUT2D eigenvalue weighted by atomic mass is 32.2. The number of ether oxygens (including phenoxy) is 1. The van der Waals surface area contributed by atoms with Gasteiger partial charge in [-0.05, 0) is 43.9 Å². The lowest BCUT2D eigenvalue weighted by Crippen LogP contribution is -2.20. The molecule has 0 fully saturated rings. The van der Waals surface area contributed by atoms with Gasteiger partial charge in [-0.2, -0.15) is 0 Å². The number of halogens is 1. The Labute approximate surface area is 159 Å². The van der Waals surface area contributed by atoms with Gasteiger partial charge in [-0.3, -0.25) is 0 Å². The van der Waals surface area contributed by atoms with Crippen molar-refractivity contribution in [2.24, 2.45) is 0 Å². The molecule has 1 atom stereocenters. The predicted octanol–water partition coefficient (Wildman–Crippen LogP) is 4.16. The highest BCUT2D eigenvalue weighted by molar-refractivity contribution is 7.99. The van der Waals surface area contributed by atoms with Crippen molar-refractivity contribution in [1.82, 2.24) is 9.97 Å². The summed E-state index contributed by atoms with van der Waals surface area (Å²) in [6.07, 6.45) is 2.68. The van der Waals surface area contributed by atoms with Crippen LogP contribution in [-0.4, -0.2) is 33.5 Å². The Balaban J connectivity index is 1.45. The van der Waals surface area contributed by atoms with E-state index in [1.807, 2.05) is 6.92 Å². The first-order valence-corrected chi connectivity index (χ1v) is 10.4. The highest BCUT2D eigenvalue weighted by Gasteiger charge is 2.22. The first-order chi connectivity index (χ1) is 12.6. The summed E-state index contributed by atoms with van der Waals surface area (Å²) in [5.74, 6) is 0.920. The van der Waals surface area contributed by atoms with Crippen LogP contribution in [0, 0.1) is 12.7 Å². The van der Waals surface area contributed by atoms with Gasteiger partial charge in [0.05, 0.1) is 6.10 Å². The maximum atomic E-state index is 13.6. The van der Waals surface area contributed by atoms with E-state index in [1.165, 1.54) is 34.7 Å². The van der Waals surface area contributed by atoms with E-state index < -0.39 is 11.9 Å². The predicted molar refractivity (Wildman–Crippen MR) is 103 cm³/mol. The van der Waals surface area contributed by atoms with Gasteiger partial charge in [0, 0.05) is 16.0 Å². The Morgan fingerprint density at radius 2 is 2.15 bits per heavy atom. The van der Waals surface area contributed by atoms with E-state index in [0.717, 1.165) is 33.9 Å². The van der Waals surface area contributed by atoms with Gasteiger partial charge in [-0.15, -0.1) is 23.1 Å². The second-order valence-electron chi connectivity index (χ2n) is 6.32. The lowest BCUT2D eigenvalue weighted by Gasteiger charge is -2.13. The molecule has 4 nitrogen and oxygen atoms in total. The number of aliphatic hydroxyl groups is 1. The minimum absolute atomic E-state index is 0.0445. The average Bonchev–Trinajstić information content (AvgIpc) is 3.19. The zero-order valence-electron chi connectivity index (χ0n) is 14.4. The molecular weight excluding hydrogens is 371 g/mol. The monoisotopic (exact) mass is 390 g/mol. The molecule has 26 heavy (non-hydrogen) atoms. The topological polar surface area (TPSA) is 55.2 Å². The molecule has 136 valence electrons. The van der Waals surface area contributed by atoms with Crippen LogP contribution in [0.4, 0.5) is 4.39 Å². The van der Waals surface area contributed by atoms with Gasteiger partial charge < -0.3 is 9.84 Å². The van der Waals surface area contributed by atoms with E-state index in [2.05, 4.69) is 9.97 Å². The van der Waals surface area contributed by atoms with E-state index >= 15 is 0 Å². The summed E-state index contributed by atoms with van der Waals surface area (Å²) >= 11 is 3.28. The normalized spacial score (nSPS) is 14.6. The van der Waals surface area contributed by atoms with Crippen molar-refractivity contribution in [3.05, 3.63) is 46.3 Å². The van der Waals surface area contributed by atoms with Gasteiger partial charge in [0.1, 0.15) is 22.3 Å². The Bertz CT molecular complexity index is 945. The molecule has 0 saturated carbocycles. The van der Waals surface area contributed by atoms with Gasteiger partial charge in [-0.25, -0.2) is 14.4 Å². The maximum absolute atomic E-state index is 13.6. The fourth-order valence-corrected chi connectivity index (χ4v) is 5.52. The summed E-state index contributed by atoms with van der Waals surface area (Å²) in [6, 6.07) is 6.21. The molecule has 0 amide bonds. The zero-order chi connectivity index (χ0) is 18.1. The highest BCUT2D eigenvalue weighted by Crippen LogP contribution is 2.40. The quantitative estimate of drug-likeness (QED) is 0.506. The molecule has 7 heteroatoms. The molecule has 0 bridgehead atoms. The molecule has 2 heterocycles. The van der Waals surface area contributed by atoms with Crippen LogP contribution in [0.2, 0.25) is 0 Å². The molecule has 3 aromatic rings. The van der Waals surface area contributed by atoms with Crippen molar-refractivity contribution in [3.8, 4) is 5.75 Å². The van der Waals surface area contributed by atoms with Crippen molar-refractivity contribution in [2.75, 3.05) is 12.4 Å². The Hall–Kier alpha value is -1.70. The van der Waals surface area contributed by atoms with E-state index in [9.17, 15) is 9.50 Å². The van der Waals surface area contributed by atoms with Crippen molar-refractivity contribution in [1.29, 1.82) is 0 Å². The minimum Gasteiger partial charge on any atom is -0.488 e. The van der Waals surface area contributed by atoms with Gasteiger partial charge in [0.2, 0.25) is 0 Å². The molecule has 0 saturated heterocycles. The van der Waals surface area contributed by atoms with Crippen LogP contribution in [0.5, 0.6) is 5.75 Å². The summed E-state index contributed by atoms with van der Waals surface area (Å²) in [7, 11) is 0. The van der Waals surface area contributed by atoms with E-state index in [-0.39, 0.29) is 12.4 Å². The Morgan fingerprint density at radius 3 is 3.00 bits per heavy atom. The third kappa shape index (κ3) is 3.56. The SMILES string of the molecule is Cc1nc(SC[C@H](O)COc2ccccc2F)c2c3c(sc2n1)CCC3. The van der Waals surface area contributed by atoms with E-state index in [0.29, 0.717) is 5.75 Å². The molecule has 4 rings (SSSR count). The van der Waals surface area contributed by atoms with Crippen LogP contribution < -0.4 is 4.74 Å². The first-order valence-electron chi connectivity index (χ1n) is 8.59. The van der Waals surface area contributed by atoms with Crippen molar-refractivity contribution in [3.63, 3.8) is 0 Å². The first kappa shape index (κ1) is 17.7. The molecule has 0 spiro atoms. The number of hydrogen-bond donors (Lipinski definition) is 1. The molecule has 1 aliphatic rings. The van der Waals surface area contributed by atoms with Crippen molar-refractivity contribution >= 4 is 33.3 Å². The molecule has 1 aliphatic carbocycles. The largest absolute Gasteiger partial charge is 0.488 e. The van der Waals surface area contributed by atoms with Crippen molar-refractivity contribution < 1.29 is 14.2 Å². The molecule has 0 aliphatic heterocycles. The number of hydrogen-bond acceptors (Lipinski definition) is 6. The number of aromatic nitrogens is 2. The van der Waals surface area contributed by atoms with Gasteiger partial charge in [0.25, 0.3) is 0 Å². The number of aryl methyl sites for hydroxylation is 3. The Kier molecular flexibility index (Phi) is 5.11. The summed E-state index contributed by atoms with van der Waals surface area (Å²) in [6.45, 7) is 1.94. The summed E-state index contributed by atoms with van der Waals surface area (Å²) < 4.78 is 19.0. The summed E-state index contributed by atoms with van der Waals surface area (Å²) in [4.78, 5) is 11.6. The van der Waals surface area contributed by atoms with E-state index in [1.54, 1.807) is 29.5 Å². The number of thiophene rings is 1. The second-order valence-corrected chi connectivity index (χ2v) is 8.41. The fourth-order valence-electron chi connectivity index (χ4n) is 3.14. The van der Waals surface area contributed by atoms with Crippen LogP contribution in [-0.2, 0) is 12.8 Å². The number of benzene rings is 1. The van der Waals surface area contributed by atoms with Crippen LogP contribution in [0.3, 0.4) is 0 Å². The van der Waals surface area contributed by atoms with Crippen molar-refractivity contribution in [2.45, 2.75) is 37.3 Å². The molecule has 1 N–H and O–H groups in total. The van der Waals surface area contributed by atoms with Gasteiger partial charge >= 0.3 is 0 Å². The van der Waals surface area contributed by atoms with Crippen LogP contribution in [0.15, 0.2) is 29.3 Å². The van der Waals surface area contributed by atoms with Gasteiger partial charge in [0.15, 0.2) is 11.6 Å². The summed E-state index contributed by atoms with van der Waals surface area (Å²) in [5, 5.41) is 12.3. The van der Waals surface area contributed by atoms with Crippen LogP contribution in [0.1, 0.15) is 22.7 Å². The standard InChI is InChI=1S/C19H19FN2O2S2/c1-11-21-18(17-13-5-4-8-16(13)26-19(17)22-11)25-10-12(23)9-24-15-7-3-2-6-14(15)20/h2-3,6-7,12,23H,4-5,8-10H2,1H3/t12-/m1/s1. The van der Waals surface area contributed by atoms with Gasteiger partial charge in [-0.1, -0.05) is 12.1 Å². The third-order valence-electron chi connectivity index (χ3n) is 4.32.